The molecule has 0 N–H and O–H groups in total. The maximum atomic E-state index is 13.0. The van der Waals surface area contributed by atoms with Gasteiger partial charge in [-0.05, 0) is 30.4 Å². The second-order valence-corrected chi connectivity index (χ2v) is 7.89. The summed E-state index contributed by atoms with van der Waals surface area (Å²) in [6, 6.07) is 8.52. The first kappa shape index (κ1) is 20.4. The maximum Gasteiger partial charge on any atom is 0.227 e. The van der Waals surface area contributed by atoms with Gasteiger partial charge >= 0.3 is 0 Å². The number of piperazine rings is 1. The molecular weight excluding hydrogens is 354 g/mol. The highest BCUT2D eigenvalue weighted by atomic mass is 16.2. The van der Waals surface area contributed by atoms with Crippen LogP contribution in [-0.2, 0) is 20.8 Å². The highest BCUT2D eigenvalue weighted by Gasteiger charge is 2.36. The molecule has 3 amide bonds. The van der Waals surface area contributed by atoms with E-state index >= 15 is 0 Å². The summed E-state index contributed by atoms with van der Waals surface area (Å²) in [4.78, 5) is 42.3. The van der Waals surface area contributed by atoms with Gasteiger partial charge in [0.2, 0.25) is 17.7 Å². The summed E-state index contributed by atoms with van der Waals surface area (Å²) in [5.41, 5.74) is 2.43. The Morgan fingerprint density at radius 2 is 1.50 bits per heavy atom. The van der Waals surface area contributed by atoms with E-state index in [0.29, 0.717) is 32.7 Å². The van der Waals surface area contributed by atoms with Crippen LogP contribution >= 0.6 is 0 Å². The second kappa shape index (κ2) is 8.76. The van der Waals surface area contributed by atoms with Gasteiger partial charge in [0.15, 0.2) is 0 Å². The van der Waals surface area contributed by atoms with E-state index in [-0.39, 0.29) is 29.7 Å². The molecule has 2 atom stereocenters. The van der Waals surface area contributed by atoms with Gasteiger partial charge in [0, 0.05) is 46.6 Å². The molecule has 2 unspecified atom stereocenters. The number of aryl methyl sites for hydroxylation is 1. The molecule has 2 aliphatic rings. The van der Waals surface area contributed by atoms with Crippen molar-refractivity contribution in [1.82, 2.24) is 14.7 Å². The Bertz CT molecular complexity index is 723. The molecule has 2 aliphatic heterocycles. The van der Waals surface area contributed by atoms with E-state index in [0.717, 1.165) is 24.8 Å². The number of nitrogens with zero attached hydrogens (tertiary/aromatic N) is 3. The van der Waals surface area contributed by atoms with Crippen molar-refractivity contribution in [3.8, 4) is 0 Å². The lowest BCUT2D eigenvalue weighted by atomic mass is 9.87. The minimum absolute atomic E-state index is 0.0171. The lowest BCUT2D eigenvalue weighted by molar-refractivity contribution is -0.145. The topological polar surface area (TPSA) is 60.9 Å². The second-order valence-electron chi connectivity index (χ2n) is 7.89. The van der Waals surface area contributed by atoms with E-state index in [2.05, 4.69) is 31.2 Å². The molecule has 0 aromatic heterocycles. The summed E-state index contributed by atoms with van der Waals surface area (Å²) in [5.74, 6) is 0.0427. The van der Waals surface area contributed by atoms with Crippen LogP contribution in [0.2, 0.25) is 0 Å². The monoisotopic (exact) mass is 385 g/mol. The SMILES string of the molecule is CCc1ccc(C2CCC(C(=O)N3CCN(C(C)=O)CC3)CN2C(C)=O)cc1. The molecule has 0 spiro atoms. The summed E-state index contributed by atoms with van der Waals surface area (Å²) in [6.07, 6.45) is 2.58. The number of carbonyl (C=O) groups excluding carboxylic acids is 3. The molecule has 3 rings (SSSR count). The predicted molar refractivity (Wildman–Crippen MR) is 108 cm³/mol. The zero-order chi connectivity index (χ0) is 20.3. The third kappa shape index (κ3) is 4.37. The first-order valence-electron chi connectivity index (χ1n) is 10.3. The first-order valence-corrected chi connectivity index (χ1v) is 10.3. The minimum Gasteiger partial charge on any atom is -0.339 e. The van der Waals surface area contributed by atoms with E-state index in [4.69, 9.17) is 0 Å². The quantitative estimate of drug-likeness (QED) is 0.802. The molecule has 1 aromatic rings. The van der Waals surface area contributed by atoms with Gasteiger partial charge in [0.1, 0.15) is 0 Å². The van der Waals surface area contributed by atoms with Gasteiger partial charge in [-0.3, -0.25) is 14.4 Å². The van der Waals surface area contributed by atoms with Crippen molar-refractivity contribution in [3.63, 3.8) is 0 Å². The first-order chi connectivity index (χ1) is 13.4. The average molecular weight is 386 g/mol. The van der Waals surface area contributed by atoms with Crippen LogP contribution in [0.4, 0.5) is 0 Å². The summed E-state index contributed by atoms with van der Waals surface area (Å²) in [7, 11) is 0. The maximum absolute atomic E-state index is 13.0. The molecule has 6 nitrogen and oxygen atoms in total. The molecule has 2 saturated heterocycles. The molecular formula is C22H31N3O3. The normalized spacial score (nSPS) is 22.9. The largest absolute Gasteiger partial charge is 0.339 e. The molecule has 1 aromatic carbocycles. The Kier molecular flexibility index (Phi) is 6.37. The van der Waals surface area contributed by atoms with Crippen molar-refractivity contribution in [3.05, 3.63) is 35.4 Å². The van der Waals surface area contributed by atoms with Crippen LogP contribution in [0.1, 0.15) is 50.8 Å². The van der Waals surface area contributed by atoms with Crippen LogP contribution in [0, 0.1) is 5.92 Å². The Morgan fingerprint density at radius 3 is 2.04 bits per heavy atom. The summed E-state index contributed by atoms with van der Waals surface area (Å²) >= 11 is 0. The number of hydrogen-bond donors (Lipinski definition) is 0. The molecule has 0 aliphatic carbocycles. The lowest BCUT2D eigenvalue weighted by Crippen LogP contribution is -2.54. The standard InChI is InChI=1S/C22H31N3O3/c1-4-18-5-7-19(8-6-18)21-10-9-20(15-25(21)17(3)27)22(28)24-13-11-23(12-14-24)16(2)26/h5-8,20-21H,4,9-15H2,1-3H3. The number of hydrogen-bond acceptors (Lipinski definition) is 3. The van der Waals surface area contributed by atoms with Crippen molar-refractivity contribution in [2.24, 2.45) is 5.92 Å². The minimum atomic E-state index is -0.154. The van der Waals surface area contributed by atoms with E-state index < -0.39 is 0 Å². The number of likely N-dealkylation sites (tertiary alicyclic amines) is 1. The molecule has 2 fully saturated rings. The average Bonchev–Trinajstić information content (AvgIpc) is 2.73. The Hall–Kier alpha value is -2.37. The van der Waals surface area contributed by atoms with Gasteiger partial charge < -0.3 is 14.7 Å². The fraction of sp³-hybridized carbons (Fsp3) is 0.591. The van der Waals surface area contributed by atoms with Crippen molar-refractivity contribution in [2.75, 3.05) is 32.7 Å². The van der Waals surface area contributed by atoms with E-state index in [9.17, 15) is 14.4 Å². The van der Waals surface area contributed by atoms with E-state index in [1.165, 1.54) is 5.56 Å². The van der Waals surface area contributed by atoms with Crippen molar-refractivity contribution in [1.29, 1.82) is 0 Å². The fourth-order valence-electron chi connectivity index (χ4n) is 4.34. The highest BCUT2D eigenvalue weighted by Crippen LogP contribution is 2.34. The molecule has 0 bridgehead atoms. The van der Waals surface area contributed by atoms with Gasteiger partial charge in [-0.15, -0.1) is 0 Å². The Balaban J connectivity index is 1.66. The smallest absolute Gasteiger partial charge is 0.227 e. The predicted octanol–water partition coefficient (Wildman–Crippen LogP) is 2.24. The van der Waals surface area contributed by atoms with Crippen molar-refractivity contribution in [2.45, 2.75) is 46.1 Å². The molecule has 2 heterocycles. The zero-order valence-electron chi connectivity index (χ0n) is 17.2. The number of amides is 3. The fourth-order valence-corrected chi connectivity index (χ4v) is 4.34. The van der Waals surface area contributed by atoms with Crippen LogP contribution in [0.15, 0.2) is 24.3 Å². The Morgan fingerprint density at radius 1 is 0.893 bits per heavy atom. The summed E-state index contributed by atoms with van der Waals surface area (Å²) in [6.45, 7) is 8.11. The number of rotatable bonds is 3. The van der Waals surface area contributed by atoms with E-state index in [1.54, 1.807) is 18.7 Å². The molecule has 6 heteroatoms. The van der Waals surface area contributed by atoms with Crippen LogP contribution < -0.4 is 0 Å². The lowest BCUT2D eigenvalue weighted by Gasteiger charge is -2.42. The van der Waals surface area contributed by atoms with E-state index in [1.807, 2.05) is 9.80 Å². The third-order valence-corrected chi connectivity index (χ3v) is 6.14. The molecule has 0 radical (unpaired) electrons. The van der Waals surface area contributed by atoms with Gasteiger partial charge in [-0.25, -0.2) is 0 Å². The molecule has 152 valence electrons. The number of piperidine rings is 1. The Labute approximate surface area is 167 Å². The van der Waals surface area contributed by atoms with Gasteiger partial charge in [0.05, 0.1) is 12.0 Å². The molecule has 0 saturated carbocycles. The van der Waals surface area contributed by atoms with Crippen LogP contribution in [0.3, 0.4) is 0 Å². The van der Waals surface area contributed by atoms with Crippen molar-refractivity contribution < 1.29 is 14.4 Å². The van der Waals surface area contributed by atoms with Crippen LogP contribution in [0.5, 0.6) is 0 Å². The van der Waals surface area contributed by atoms with Crippen LogP contribution in [-0.4, -0.2) is 65.1 Å². The van der Waals surface area contributed by atoms with Crippen molar-refractivity contribution >= 4 is 17.7 Å². The number of benzene rings is 1. The number of carbonyl (C=O) groups is 3. The van der Waals surface area contributed by atoms with Crippen LogP contribution in [0.25, 0.3) is 0 Å². The summed E-state index contributed by atoms with van der Waals surface area (Å²) in [5, 5.41) is 0. The molecule has 28 heavy (non-hydrogen) atoms. The summed E-state index contributed by atoms with van der Waals surface area (Å²) < 4.78 is 0. The van der Waals surface area contributed by atoms with Gasteiger partial charge in [-0.1, -0.05) is 31.2 Å². The highest BCUT2D eigenvalue weighted by molar-refractivity contribution is 5.81. The third-order valence-electron chi connectivity index (χ3n) is 6.14. The van der Waals surface area contributed by atoms with Gasteiger partial charge in [0.25, 0.3) is 0 Å². The van der Waals surface area contributed by atoms with Gasteiger partial charge in [-0.2, -0.15) is 0 Å². The zero-order valence-corrected chi connectivity index (χ0v) is 17.2.